The van der Waals surface area contributed by atoms with Crippen molar-refractivity contribution in [1.82, 2.24) is 4.98 Å². The van der Waals surface area contributed by atoms with Crippen LogP contribution in [0.3, 0.4) is 0 Å². The van der Waals surface area contributed by atoms with Crippen LogP contribution in [0.4, 0.5) is 17.3 Å². The number of pyridine rings is 1. The molecule has 1 aromatic heterocycles. The van der Waals surface area contributed by atoms with E-state index in [1.165, 1.54) is 25.0 Å². The number of nitrogen functional groups attached to an aromatic ring is 1. The molecule has 1 saturated carbocycles. The van der Waals surface area contributed by atoms with E-state index in [1.54, 1.807) is 0 Å². The number of anilines is 2. The zero-order chi connectivity index (χ0) is 13.1. The summed E-state index contributed by atoms with van der Waals surface area (Å²) < 4.78 is 0. The van der Waals surface area contributed by atoms with Crippen molar-refractivity contribution in [3.63, 3.8) is 0 Å². The molecule has 2 N–H and O–H groups in total. The number of hydrogen-bond donors (Lipinski definition) is 1. The van der Waals surface area contributed by atoms with Crippen LogP contribution in [0.5, 0.6) is 0 Å². The Morgan fingerprint density at radius 2 is 2.28 bits per heavy atom. The Morgan fingerprint density at radius 3 is 2.83 bits per heavy atom. The van der Waals surface area contributed by atoms with Crippen molar-refractivity contribution >= 4 is 17.3 Å². The third-order valence-corrected chi connectivity index (χ3v) is 3.04. The predicted molar refractivity (Wildman–Crippen MR) is 70.5 cm³/mol. The average molecular weight is 250 g/mol. The fourth-order valence-electron chi connectivity index (χ4n) is 2.00. The number of nitro groups is 1. The van der Waals surface area contributed by atoms with Crippen LogP contribution in [-0.4, -0.2) is 23.0 Å². The van der Waals surface area contributed by atoms with Gasteiger partial charge in [0.05, 0.1) is 4.92 Å². The third-order valence-electron chi connectivity index (χ3n) is 3.04. The van der Waals surface area contributed by atoms with Crippen LogP contribution in [0, 0.1) is 16.0 Å². The zero-order valence-corrected chi connectivity index (χ0v) is 10.5. The van der Waals surface area contributed by atoms with Crippen LogP contribution in [0.1, 0.15) is 26.2 Å². The smallest absolute Gasteiger partial charge is 0.311 e. The monoisotopic (exact) mass is 250 g/mol. The standard InChI is InChI=1S/C12H18N4O2/c1-2-7-15(8-9-3-4-9)12-10(16(17)18)5-6-11(13)14-12/h5-6,9H,2-4,7-8H2,1H3,(H2,13,14). The second-order valence-electron chi connectivity index (χ2n) is 4.73. The molecular formula is C12H18N4O2. The molecule has 0 aliphatic heterocycles. The van der Waals surface area contributed by atoms with Gasteiger partial charge in [-0.15, -0.1) is 0 Å². The predicted octanol–water partition coefficient (Wildman–Crippen LogP) is 2.20. The quantitative estimate of drug-likeness (QED) is 0.618. The molecule has 6 nitrogen and oxygen atoms in total. The maximum Gasteiger partial charge on any atom is 0.311 e. The van der Waals surface area contributed by atoms with Crippen LogP contribution in [0.15, 0.2) is 12.1 Å². The molecule has 1 fully saturated rings. The highest BCUT2D eigenvalue weighted by Gasteiger charge is 2.28. The lowest BCUT2D eigenvalue weighted by Crippen LogP contribution is -2.28. The summed E-state index contributed by atoms with van der Waals surface area (Å²) in [6.45, 7) is 3.66. The van der Waals surface area contributed by atoms with E-state index in [2.05, 4.69) is 11.9 Å². The van der Waals surface area contributed by atoms with Crippen molar-refractivity contribution in [3.05, 3.63) is 22.2 Å². The molecule has 6 heteroatoms. The second-order valence-corrected chi connectivity index (χ2v) is 4.73. The van der Waals surface area contributed by atoms with E-state index >= 15 is 0 Å². The summed E-state index contributed by atoms with van der Waals surface area (Å²) in [4.78, 5) is 16.8. The van der Waals surface area contributed by atoms with Crippen LogP contribution < -0.4 is 10.6 Å². The van der Waals surface area contributed by atoms with Gasteiger partial charge in [0.2, 0.25) is 5.82 Å². The van der Waals surface area contributed by atoms with Gasteiger partial charge in [0, 0.05) is 19.2 Å². The first-order valence-corrected chi connectivity index (χ1v) is 6.27. The highest BCUT2D eigenvalue weighted by molar-refractivity contribution is 5.61. The molecule has 0 radical (unpaired) electrons. The minimum Gasteiger partial charge on any atom is -0.384 e. The van der Waals surface area contributed by atoms with Gasteiger partial charge in [-0.2, -0.15) is 0 Å². The minimum absolute atomic E-state index is 0.0401. The number of nitrogens with zero attached hydrogens (tertiary/aromatic N) is 3. The topological polar surface area (TPSA) is 85.3 Å². The number of nitrogens with two attached hydrogens (primary N) is 1. The van der Waals surface area contributed by atoms with E-state index in [-0.39, 0.29) is 5.69 Å². The first kappa shape index (κ1) is 12.6. The first-order valence-electron chi connectivity index (χ1n) is 6.27. The Labute approximate surface area is 106 Å². The van der Waals surface area contributed by atoms with Gasteiger partial charge < -0.3 is 10.6 Å². The van der Waals surface area contributed by atoms with E-state index in [0.717, 1.165) is 19.5 Å². The van der Waals surface area contributed by atoms with Gasteiger partial charge in [-0.3, -0.25) is 10.1 Å². The molecule has 98 valence electrons. The Kier molecular flexibility index (Phi) is 3.64. The fraction of sp³-hybridized carbons (Fsp3) is 0.583. The normalized spacial score (nSPS) is 14.5. The summed E-state index contributed by atoms with van der Waals surface area (Å²) in [6, 6.07) is 2.91. The van der Waals surface area contributed by atoms with Crippen molar-refractivity contribution in [1.29, 1.82) is 0 Å². The Morgan fingerprint density at radius 1 is 1.56 bits per heavy atom. The van der Waals surface area contributed by atoms with E-state index in [0.29, 0.717) is 17.6 Å². The largest absolute Gasteiger partial charge is 0.384 e. The molecule has 1 aliphatic rings. The highest BCUT2D eigenvalue weighted by Crippen LogP contribution is 2.34. The summed E-state index contributed by atoms with van der Waals surface area (Å²) in [6.07, 6.45) is 3.34. The molecular weight excluding hydrogens is 232 g/mol. The molecule has 0 amide bonds. The summed E-state index contributed by atoms with van der Waals surface area (Å²) in [5, 5.41) is 11.0. The van der Waals surface area contributed by atoms with Gasteiger partial charge >= 0.3 is 5.69 Å². The third kappa shape index (κ3) is 2.88. The molecule has 1 aliphatic carbocycles. The zero-order valence-electron chi connectivity index (χ0n) is 10.5. The van der Waals surface area contributed by atoms with Crippen molar-refractivity contribution in [2.24, 2.45) is 5.92 Å². The SMILES string of the molecule is CCCN(CC1CC1)c1nc(N)ccc1[N+](=O)[O-]. The summed E-state index contributed by atoms with van der Waals surface area (Å²) in [7, 11) is 0. The molecule has 0 bridgehead atoms. The second kappa shape index (κ2) is 5.20. The molecule has 2 rings (SSSR count). The van der Waals surface area contributed by atoms with Crippen LogP contribution >= 0.6 is 0 Å². The van der Waals surface area contributed by atoms with Crippen LogP contribution in [-0.2, 0) is 0 Å². The number of hydrogen-bond acceptors (Lipinski definition) is 5. The maximum atomic E-state index is 11.0. The number of rotatable bonds is 6. The molecule has 18 heavy (non-hydrogen) atoms. The Bertz CT molecular complexity index is 446. The van der Waals surface area contributed by atoms with Gasteiger partial charge in [-0.05, 0) is 31.2 Å². The lowest BCUT2D eigenvalue weighted by molar-refractivity contribution is -0.384. The van der Waals surface area contributed by atoms with E-state index in [4.69, 9.17) is 5.73 Å². The first-order chi connectivity index (χ1) is 8.61. The van der Waals surface area contributed by atoms with E-state index in [1.807, 2.05) is 4.90 Å². The van der Waals surface area contributed by atoms with Gasteiger partial charge in [-0.25, -0.2) is 4.98 Å². The van der Waals surface area contributed by atoms with Crippen molar-refractivity contribution < 1.29 is 4.92 Å². The van der Waals surface area contributed by atoms with Gasteiger partial charge in [0.15, 0.2) is 0 Å². The summed E-state index contributed by atoms with van der Waals surface area (Å²) in [5.41, 5.74) is 5.69. The highest BCUT2D eigenvalue weighted by atomic mass is 16.6. The van der Waals surface area contributed by atoms with Gasteiger partial charge in [0.1, 0.15) is 5.82 Å². The van der Waals surface area contributed by atoms with E-state index < -0.39 is 4.92 Å². The van der Waals surface area contributed by atoms with Gasteiger partial charge in [-0.1, -0.05) is 6.92 Å². The van der Waals surface area contributed by atoms with Crippen molar-refractivity contribution in [2.45, 2.75) is 26.2 Å². The van der Waals surface area contributed by atoms with Gasteiger partial charge in [0.25, 0.3) is 0 Å². The average Bonchev–Trinajstić information content (AvgIpc) is 3.12. The summed E-state index contributed by atoms with van der Waals surface area (Å²) in [5.74, 6) is 1.39. The Balaban J connectivity index is 2.30. The molecule has 0 saturated heterocycles. The molecule has 1 heterocycles. The van der Waals surface area contributed by atoms with Crippen molar-refractivity contribution in [3.8, 4) is 0 Å². The molecule has 0 atom stereocenters. The number of aromatic nitrogens is 1. The lowest BCUT2D eigenvalue weighted by Gasteiger charge is -2.22. The minimum atomic E-state index is -0.392. The van der Waals surface area contributed by atoms with E-state index in [9.17, 15) is 10.1 Å². The molecule has 0 aromatic carbocycles. The van der Waals surface area contributed by atoms with Crippen LogP contribution in [0.25, 0.3) is 0 Å². The van der Waals surface area contributed by atoms with Crippen molar-refractivity contribution in [2.75, 3.05) is 23.7 Å². The lowest BCUT2D eigenvalue weighted by atomic mass is 10.3. The summed E-state index contributed by atoms with van der Waals surface area (Å²) >= 11 is 0. The van der Waals surface area contributed by atoms with Crippen LogP contribution in [0.2, 0.25) is 0 Å². The molecule has 0 unspecified atom stereocenters. The molecule has 0 spiro atoms. The molecule has 1 aromatic rings. The Hall–Kier alpha value is -1.85. The maximum absolute atomic E-state index is 11.0. The fourth-order valence-corrected chi connectivity index (χ4v) is 2.00.